The molecule has 1 amide bonds. The molecule has 0 fully saturated rings. The zero-order valence-electron chi connectivity index (χ0n) is 15.9. The van der Waals surface area contributed by atoms with E-state index in [1.54, 1.807) is 55.8 Å². The van der Waals surface area contributed by atoms with Gasteiger partial charge in [0.2, 0.25) is 0 Å². The van der Waals surface area contributed by atoms with Crippen molar-refractivity contribution in [2.45, 2.75) is 6.61 Å². The average Bonchev–Trinajstić information content (AvgIpc) is 2.74. The molecule has 0 aromatic heterocycles. The average molecular weight is 630 g/mol. The predicted molar refractivity (Wildman–Crippen MR) is 131 cm³/mol. The highest BCUT2D eigenvalue weighted by Crippen LogP contribution is 2.23. The van der Waals surface area contributed by atoms with Crippen molar-refractivity contribution in [1.82, 2.24) is 5.43 Å². The molecule has 0 unspecified atom stereocenters. The number of hydrazone groups is 1. The van der Waals surface area contributed by atoms with E-state index in [4.69, 9.17) is 9.47 Å². The van der Waals surface area contributed by atoms with Gasteiger partial charge in [0.25, 0.3) is 5.91 Å². The van der Waals surface area contributed by atoms with E-state index in [2.05, 4.69) is 55.7 Å². The minimum atomic E-state index is -0.333. The van der Waals surface area contributed by atoms with E-state index in [1.807, 2.05) is 12.1 Å². The van der Waals surface area contributed by atoms with E-state index in [0.717, 1.165) is 12.7 Å². The molecule has 1 N–H and O–H groups in total. The van der Waals surface area contributed by atoms with Gasteiger partial charge in [0.05, 0.1) is 20.5 Å². The Morgan fingerprint density at radius 2 is 1.87 bits per heavy atom. The van der Waals surface area contributed by atoms with Gasteiger partial charge in [-0.3, -0.25) is 4.79 Å². The van der Waals surface area contributed by atoms with Crippen molar-refractivity contribution in [1.29, 1.82) is 0 Å². The summed E-state index contributed by atoms with van der Waals surface area (Å²) in [5.41, 5.74) is 4.24. The van der Waals surface area contributed by atoms with Gasteiger partial charge in [0, 0.05) is 11.1 Å². The van der Waals surface area contributed by atoms with E-state index >= 15 is 0 Å². The molecule has 0 aliphatic rings. The quantitative estimate of drug-likeness (QED) is 0.217. The highest BCUT2D eigenvalue weighted by molar-refractivity contribution is 14.1. The van der Waals surface area contributed by atoms with Crippen molar-refractivity contribution in [3.05, 3.63) is 90.3 Å². The van der Waals surface area contributed by atoms with Gasteiger partial charge in [-0.15, -0.1) is 0 Å². The number of amides is 1. The third-order valence-corrected chi connectivity index (χ3v) is 5.82. The number of rotatable bonds is 7. The van der Waals surface area contributed by atoms with E-state index in [1.165, 1.54) is 6.07 Å². The minimum Gasteiger partial charge on any atom is -0.496 e. The molecule has 0 saturated carbocycles. The van der Waals surface area contributed by atoms with Gasteiger partial charge in [-0.25, -0.2) is 9.82 Å². The van der Waals surface area contributed by atoms with Gasteiger partial charge < -0.3 is 9.47 Å². The van der Waals surface area contributed by atoms with Crippen LogP contribution < -0.4 is 14.9 Å². The molecule has 0 spiro atoms. The van der Waals surface area contributed by atoms with Gasteiger partial charge in [-0.2, -0.15) is 5.10 Å². The van der Waals surface area contributed by atoms with Crippen molar-refractivity contribution in [3.63, 3.8) is 0 Å². The summed E-state index contributed by atoms with van der Waals surface area (Å²) in [7, 11) is 1.56. The standard InChI is InChI=1S/C22H17FI2N2O3/c1-29-21-11-15(7-8-18(21)24)22(28)27-26-12-14-6-9-20(19(25)10-14)30-13-16-4-2-3-5-17(16)23/h2-12H,13H2,1H3,(H,27,28)/b26-12-. The molecular formula is C22H17FI2N2O3. The number of hydrogen-bond donors (Lipinski definition) is 1. The first-order valence-electron chi connectivity index (χ1n) is 8.80. The smallest absolute Gasteiger partial charge is 0.271 e. The number of carbonyl (C=O) groups is 1. The normalized spacial score (nSPS) is 10.8. The third-order valence-electron chi connectivity index (χ3n) is 4.09. The summed E-state index contributed by atoms with van der Waals surface area (Å²) in [6, 6.07) is 17.1. The second-order valence-corrected chi connectivity index (χ2v) is 8.44. The molecule has 0 aliphatic heterocycles. The Morgan fingerprint density at radius 3 is 2.60 bits per heavy atom. The summed E-state index contributed by atoms with van der Waals surface area (Å²) in [5.74, 6) is 0.650. The maximum absolute atomic E-state index is 13.7. The number of hydrogen-bond acceptors (Lipinski definition) is 4. The zero-order chi connectivity index (χ0) is 21.5. The van der Waals surface area contributed by atoms with E-state index in [-0.39, 0.29) is 18.3 Å². The number of carbonyl (C=O) groups excluding carboxylic acids is 1. The molecule has 3 rings (SSSR count). The maximum atomic E-state index is 13.7. The van der Waals surface area contributed by atoms with Gasteiger partial charge >= 0.3 is 0 Å². The van der Waals surface area contributed by atoms with Crippen LogP contribution in [0.15, 0.2) is 65.8 Å². The molecule has 30 heavy (non-hydrogen) atoms. The second-order valence-electron chi connectivity index (χ2n) is 6.12. The molecule has 3 aromatic carbocycles. The topological polar surface area (TPSA) is 59.9 Å². The molecule has 0 bridgehead atoms. The molecule has 154 valence electrons. The van der Waals surface area contributed by atoms with Crippen LogP contribution in [-0.2, 0) is 6.61 Å². The molecule has 0 atom stereocenters. The molecule has 0 aliphatic carbocycles. The van der Waals surface area contributed by atoms with Crippen molar-refractivity contribution in [2.24, 2.45) is 5.10 Å². The number of ether oxygens (including phenoxy) is 2. The third kappa shape index (κ3) is 5.91. The monoisotopic (exact) mass is 630 g/mol. The summed E-state index contributed by atoms with van der Waals surface area (Å²) >= 11 is 4.28. The minimum absolute atomic E-state index is 0.144. The first-order chi connectivity index (χ1) is 14.5. The van der Waals surface area contributed by atoms with Crippen LogP contribution in [0.25, 0.3) is 0 Å². The van der Waals surface area contributed by atoms with Gasteiger partial charge in [0.1, 0.15) is 23.9 Å². The van der Waals surface area contributed by atoms with Crippen LogP contribution in [0, 0.1) is 13.0 Å². The van der Waals surface area contributed by atoms with E-state index < -0.39 is 0 Å². The first kappa shape index (κ1) is 22.5. The fourth-order valence-electron chi connectivity index (χ4n) is 2.52. The number of nitrogens with zero attached hydrogens (tertiary/aromatic N) is 1. The Hall–Kier alpha value is -2.21. The largest absolute Gasteiger partial charge is 0.496 e. The predicted octanol–water partition coefficient (Wildman–Crippen LogP) is 5.39. The summed E-state index contributed by atoms with van der Waals surface area (Å²) in [6.45, 7) is 0.144. The zero-order valence-corrected chi connectivity index (χ0v) is 20.2. The number of benzene rings is 3. The van der Waals surface area contributed by atoms with Crippen molar-refractivity contribution in [2.75, 3.05) is 7.11 Å². The fourth-order valence-corrected chi connectivity index (χ4v) is 3.77. The van der Waals surface area contributed by atoms with Crippen molar-refractivity contribution >= 4 is 57.3 Å². The van der Waals surface area contributed by atoms with Crippen LogP contribution in [0.1, 0.15) is 21.5 Å². The molecular weight excluding hydrogens is 613 g/mol. The van der Waals surface area contributed by atoms with Gasteiger partial charge in [-0.05, 0) is 93.2 Å². The summed E-state index contributed by atoms with van der Waals surface area (Å²) in [5, 5.41) is 4.01. The lowest BCUT2D eigenvalue weighted by Gasteiger charge is -2.09. The summed E-state index contributed by atoms with van der Waals surface area (Å²) < 4.78 is 26.4. The molecule has 0 radical (unpaired) electrons. The van der Waals surface area contributed by atoms with Crippen LogP contribution in [0.3, 0.4) is 0 Å². The van der Waals surface area contributed by atoms with Crippen LogP contribution in [0.4, 0.5) is 4.39 Å². The Balaban J connectivity index is 1.60. The second kappa shape index (κ2) is 10.7. The Labute approximate surface area is 200 Å². The van der Waals surface area contributed by atoms with Crippen LogP contribution in [0.2, 0.25) is 0 Å². The Bertz CT molecular complexity index is 1090. The number of methoxy groups -OCH3 is 1. The Morgan fingerprint density at radius 1 is 1.07 bits per heavy atom. The highest BCUT2D eigenvalue weighted by Gasteiger charge is 2.09. The first-order valence-corrected chi connectivity index (χ1v) is 11.0. The Kier molecular flexibility index (Phi) is 8.02. The van der Waals surface area contributed by atoms with Crippen molar-refractivity contribution < 1.29 is 18.7 Å². The lowest BCUT2D eigenvalue weighted by molar-refractivity contribution is 0.0954. The van der Waals surface area contributed by atoms with Gasteiger partial charge in [0.15, 0.2) is 0 Å². The SMILES string of the molecule is COc1cc(C(=O)N/N=C\c2ccc(OCc3ccccc3F)c(I)c2)ccc1I. The number of nitrogens with one attached hydrogen (secondary N) is 1. The van der Waals surface area contributed by atoms with E-state index in [9.17, 15) is 9.18 Å². The molecule has 5 nitrogen and oxygen atoms in total. The van der Waals surface area contributed by atoms with Gasteiger partial charge in [-0.1, -0.05) is 18.2 Å². The molecule has 0 saturated heterocycles. The van der Waals surface area contributed by atoms with Crippen LogP contribution >= 0.6 is 45.2 Å². The fraction of sp³-hybridized carbons (Fsp3) is 0.0909. The molecule has 0 heterocycles. The molecule has 8 heteroatoms. The maximum Gasteiger partial charge on any atom is 0.271 e. The summed E-state index contributed by atoms with van der Waals surface area (Å²) in [6.07, 6.45) is 1.55. The van der Waals surface area contributed by atoms with Crippen LogP contribution in [0.5, 0.6) is 11.5 Å². The highest BCUT2D eigenvalue weighted by atomic mass is 127. The lowest BCUT2D eigenvalue weighted by atomic mass is 10.2. The van der Waals surface area contributed by atoms with Crippen LogP contribution in [-0.4, -0.2) is 19.2 Å². The van der Waals surface area contributed by atoms with E-state index in [0.29, 0.717) is 22.6 Å². The van der Waals surface area contributed by atoms with Crippen molar-refractivity contribution in [3.8, 4) is 11.5 Å². The lowest BCUT2D eigenvalue weighted by Crippen LogP contribution is -2.17. The molecule has 3 aromatic rings. The number of halogens is 3. The summed E-state index contributed by atoms with van der Waals surface area (Å²) in [4.78, 5) is 12.2.